The first-order chi connectivity index (χ1) is 9.86. The molecule has 0 aliphatic heterocycles. The van der Waals surface area contributed by atoms with Crippen LogP contribution < -0.4 is 5.32 Å². The Kier molecular flexibility index (Phi) is 3.93. The van der Waals surface area contributed by atoms with Crippen LogP contribution in [0.3, 0.4) is 0 Å². The molecule has 0 saturated carbocycles. The summed E-state index contributed by atoms with van der Waals surface area (Å²) in [5.74, 6) is -1.73. The van der Waals surface area contributed by atoms with Gasteiger partial charge in [0.15, 0.2) is 0 Å². The molecular formula is C14H15N3O4. The van der Waals surface area contributed by atoms with Gasteiger partial charge in [-0.15, -0.1) is 0 Å². The Bertz CT molecular complexity index is 706. The Labute approximate surface area is 120 Å². The molecule has 1 amide bonds. The van der Waals surface area contributed by atoms with E-state index in [0.717, 1.165) is 11.4 Å². The molecule has 0 bridgehead atoms. The molecule has 0 spiro atoms. The predicted molar refractivity (Wildman–Crippen MR) is 75.4 cm³/mol. The number of carboxylic acid groups (broad SMARTS) is 1. The number of nitrogens with one attached hydrogen (secondary N) is 1. The van der Waals surface area contributed by atoms with Gasteiger partial charge in [-0.1, -0.05) is 0 Å². The fourth-order valence-corrected chi connectivity index (χ4v) is 1.93. The third kappa shape index (κ3) is 3.38. The molecule has 2 rings (SSSR count). The summed E-state index contributed by atoms with van der Waals surface area (Å²) in [5, 5.41) is 25.2. The number of nitrogens with zero attached hydrogens (tertiary/aromatic N) is 2. The average Bonchev–Trinajstić information content (AvgIpc) is 2.70. The lowest BCUT2D eigenvalue weighted by atomic mass is 10.2. The van der Waals surface area contributed by atoms with E-state index in [9.17, 15) is 14.7 Å². The monoisotopic (exact) mass is 289 g/mol. The van der Waals surface area contributed by atoms with E-state index in [1.165, 1.54) is 22.9 Å². The van der Waals surface area contributed by atoms with E-state index in [4.69, 9.17) is 5.11 Å². The number of carboxylic acids is 1. The number of rotatable bonds is 4. The number of aromatic carboxylic acids is 1. The van der Waals surface area contributed by atoms with E-state index in [0.29, 0.717) is 0 Å². The SMILES string of the molecule is Cc1cc(C)n(CC(=O)Nc2cc(C(=O)O)ccc2O)n1. The summed E-state index contributed by atoms with van der Waals surface area (Å²) in [5.41, 5.74) is 1.68. The summed E-state index contributed by atoms with van der Waals surface area (Å²) in [7, 11) is 0. The van der Waals surface area contributed by atoms with Crippen molar-refractivity contribution in [3.8, 4) is 5.75 Å². The number of carbonyl (C=O) groups is 2. The first-order valence-corrected chi connectivity index (χ1v) is 6.24. The van der Waals surface area contributed by atoms with E-state index in [1.807, 2.05) is 19.9 Å². The zero-order chi connectivity index (χ0) is 15.6. The molecule has 0 radical (unpaired) electrons. The summed E-state index contributed by atoms with van der Waals surface area (Å²) in [6.45, 7) is 3.63. The minimum atomic E-state index is -1.14. The highest BCUT2D eigenvalue weighted by Crippen LogP contribution is 2.24. The highest BCUT2D eigenvalue weighted by Gasteiger charge is 2.12. The van der Waals surface area contributed by atoms with Crippen molar-refractivity contribution in [3.63, 3.8) is 0 Å². The largest absolute Gasteiger partial charge is 0.506 e. The Morgan fingerprint density at radius 2 is 2.00 bits per heavy atom. The van der Waals surface area contributed by atoms with Gasteiger partial charge in [-0.25, -0.2) is 4.79 Å². The van der Waals surface area contributed by atoms with Crippen molar-refractivity contribution in [2.24, 2.45) is 0 Å². The number of carbonyl (C=O) groups excluding carboxylic acids is 1. The van der Waals surface area contributed by atoms with Crippen molar-refractivity contribution in [1.82, 2.24) is 9.78 Å². The lowest BCUT2D eigenvalue weighted by Crippen LogP contribution is -2.20. The zero-order valence-electron chi connectivity index (χ0n) is 11.6. The Morgan fingerprint density at radius 1 is 1.29 bits per heavy atom. The second-order valence-electron chi connectivity index (χ2n) is 4.67. The van der Waals surface area contributed by atoms with Gasteiger partial charge >= 0.3 is 5.97 Å². The number of aromatic hydroxyl groups is 1. The summed E-state index contributed by atoms with van der Waals surface area (Å²) in [6.07, 6.45) is 0. The number of amides is 1. The third-order valence-electron chi connectivity index (χ3n) is 2.91. The number of aryl methyl sites for hydroxylation is 2. The summed E-state index contributed by atoms with van der Waals surface area (Å²) < 4.78 is 1.53. The van der Waals surface area contributed by atoms with Gasteiger partial charge in [-0.05, 0) is 38.1 Å². The van der Waals surface area contributed by atoms with E-state index in [-0.39, 0.29) is 23.5 Å². The van der Waals surface area contributed by atoms with Crippen LogP contribution in [0, 0.1) is 13.8 Å². The molecule has 0 aliphatic carbocycles. The van der Waals surface area contributed by atoms with Gasteiger partial charge in [0, 0.05) is 5.69 Å². The van der Waals surface area contributed by atoms with Gasteiger partial charge in [0.1, 0.15) is 12.3 Å². The number of hydrogen-bond donors (Lipinski definition) is 3. The minimum Gasteiger partial charge on any atom is -0.506 e. The van der Waals surface area contributed by atoms with Gasteiger partial charge in [0.05, 0.1) is 16.9 Å². The van der Waals surface area contributed by atoms with Crippen molar-refractivity contribution in [2.75, 3.05) is 5.32 Å². The molecule has 2 aromatic rings. The van der Waals surface area contributed by atoms with Crippen molar-refractivity contribution in [2.45, 2.75) is 20.4 Å². The topological polar surface area (TPSA) is 104 Å². The lowest BCUT2D eigenvalue weighted by molar-refractivity contribution is -0.117. The number of phenols is 1. The number of aromatic nitrogens is 2. The van der Waals surface area contributed by atoms with Crippen molar-refractivity contribution < 1.29 is 19.8 Å². The van der Waals surface area contributed by atoms with Crippen LogP contribution in [0.15, 0.2) is 24.3 Å². The maximum Gasteiger partial charge on any atom is 0.335 e. The Balaban J connectivity index is 2.14. The molecular weight excluding hydrogens is 274 g/mol. The van der Waals surface area contributed by atoms with Gasteiger partial charge in [-0.3, -0.25) is 9.48 Å². The molecule has 1 aromatic carbocycles. The van der Waals surface area contributed by atoms with Crippen LogP contribution in [0.25, 0.3) is 0 Å². The van der Waals surface area contributed by atoms with Crippen LogP contribution >= 0.6 is 0 Å². The highest BCUT2D eigenvalue weighted by atomic mass is 16.4. The second kappa shape index (κ2) is 5.66. The smallest absolute Gasteiger partial charge is 0.335 e. The lowest BCUT2D eigenvalue weighted by Gasteiger charge is -2.09. The van der Waals surface area contributed by atoms with E-state index < -0.39 is 11.9 Å². The molecule has 7 heteroatoms. The number of hydrogen-bond acceptors (Lipinski definition) is 4. The summed E-state index contributed by atoms with van der Waals surface area (Å²) in [6, 6.07) is 5.53. The van der Waals surface area contributed by atoms with E-state index >= 15 is 0 Å². The normalized spacial score (nSPS) is 10.4. The highest BCUT2D eigenvalue weighted by molar-refractivity contribution is 5.95. The molecule has 3 N–H and O–H groups in total. The zero-order valence-corrected chi connectivity index (χ0v) is 11.6. The quantitative estimate of drug-likeness (QED) is 0.741. The first kappa shape index (κ1) is 14.6. The van der Waals surface area contributed by atoms with Crippen LogP contribution in [-0.4, -0.2) is 31.9 Å². The van der Waals surface area contributed by atoms with Crippen LogP contribution in [0.4, 0.5) is 5.69 Å². The maximum absolute atomic E-state index is 11.9. The molecule has 7 nitrogen and oxygen atoms in total. The number of anilines is 1. The molecule has 1 aromatic heterocycles. The molecule has 1 heterocycles. The second-order valence-corrected chi connectivity index (χ2v) is 4.67. The molecule has 110 valence electrons. The van der Waals surface area contributed by atoms with Crippen LogP contribution in [0.2, 0.25) is 0 Å². The standard InChI is InChI=1S/C14H15N3O4/c1-8-5-9(2)17(16-8)7-13(19)15-11-6-10(14(20)21)3-4-12(11)18/h3-6,18H,7H2,1-2H3,(H,15,19)(H,20,21). The maximum atomic E-state index is 11.9. The average molecular weight is 289 g/mol. The van der Waals surface area contributed by atoms with E-state index in [1.54, 1.807) is 0 Å². The van der Waals surface area contributed by atoms with Crippen LogP contribution in [0.5, 0.6) is 5.75 Å². The summed E-state index contributed by atoms with van der Waals surface area (Å²) >= 11 is 0. The first-order valence-electron chi connectivity index (χ1n) is 6.24. The van der Waals surface area contributed by atoms with E-state index in [2.05, 4.69) is 10.4 Å². The van der Waals surface area contributed by atoms with Crippen molar-refractivity contribution in [1.29, 1.82) is 0 Å². The third-order valence-corrected chi connectivity index (χ3v) is 2.91. The molecule has 0 saturated heterocycles. The van der Waals surface area contributed by atoms with Crippen LogP contribution in [0.1, 0.15) is 21.7 Å². The van der Waals surface area contributed by atoms with Crippen molar-refractivity contribution in [3.05, 3.63) is 41.2 Å². The van der Waals surface area contributed by atoms with Crippen molar-refractivity contribution >= 4 is 17.6 Å². The molecule has 0 atom stereocenters. The molecule has 0 fully saturated rings. The van der Waals surface area contributed by atoms with Gasteiger partial charge < -0.3 is 15.5 Å². The fraction of sp³-hybridized carbons (Fsp3) is 0.214. The Hall–Kier alpha value is -2.83. The number of phenolic OH excluding ortho intramolecular Hbond substituents is 1. The summed E-state index contributed by atoms with van der Waals surface area (Å²) in [4.78, 5) is 22.8. The van der Waals surface area contributed by atoms with Gasteiger partial charge in [-0.2, -0.15) is 5.10 Å². The number of benzene rings is 1. The van der Waals surface area contributed by atoms with Gasteiger partial charge in [0.2, 0.25) is 5.91 Å². The Morgan fingerprint density at radius 3 is 2.57 bits per heavy atom. The van der Waals surface area contributed by atoms with Crippen LogP contribution in [-0.2, 0) is 11.3 Å². The molecule has 21 heavy (non-hydrogen) atoms. The molecule has 0 aliphatic rings. The molecule has 0 unspecified atom stereocenters. The predicted octanol–water partition coefficient (Wildman–Crippen LogP) is 1.54. The van der Waals surface area contributed by atoms with Gasteiger partial charge in [0.25, 0.3) is 0 Å². The fourth-order valence-electron chi connectivity index (χ4n) is 1.93. The minimum absolute atomic E-state index is 0.0174.